The van der Waals surface area contributed by atoms with Gasteiger partial charge in [0.25, 0.3) is 0 Å². The molecule has 3 rings (SSSR count). The Labute approximate surface area is 173 Å². The van der Waals surface area contributed by atoms with Gasteiger partial charge in [-0.25, -0.2) is 4.79 Å². The third-order valence-corrected chi connectivity index (χ3v) is 4.79. The zero-order valence-electron chi connectivity index (χ0n) is 17.6. The molecule has 1 unspecified atom stereocenters. The maximum atomic E-state index is 12.7. The van der Waals surface area contributed by atoms with Crippen LogP contribution >= 0.6 is 0 Å². The van der Waals surface area contributed by atoms with Crippen LogP contribution in [0.5, 0.6) is 0 Å². The minimum atomic E-state index is -0.153. The quantitative estimate of drug-likeness (QED) is 0.776. The van der Waals surface area contributed by atoms with Gasteiger partial charge in [-0.05, 0) is 37.1 Å². The lowest BCUT2D eigenvalue weighted by Crippen LogP contribution is -2.45. The van der Waals surface area contributed by atoms with E-state index in [0.717, 1.165) is 22.5 Å². The van der Waals surface area contributed by atoms with Crippen LogP contribution in [0.3, 0.4) is 0 Å². The predicted octanol–water partition coefficient (Wildman–Crippen LogP) is 3.87. The molecule has 2 aromatic carbocycles. The van der Waals surface area contributed by atoms with Crippen molar-refractivity contribution in [3.8, 4) is 0 Å². The SMILES string of the molecule is CC(C)NC(=O)N(Cc1ccccc1)CC1CC(c2ccc(N(C)C)cc2)=NO1. The van der Waals surface area contributed by atoms with Gasteiger partial charge in [-0.1, -0.05) is 47.6 Å². The maximum absolute atomic E-state index is 12.7. The Balaban J connectivity index is 1.64. The van der Waals surface area contributed by atoms with Crippen LogP contribution < -0.4 is 10.2 Å². The summed E-state index contributed by atoms with van der Waals surface area (Å²) in [6.45, 7) is 4.94. The van der Waals surface area contributed by atoms with Crippen LogP contribution in [0, 0.1) is 0 Å². The molecule has 154 valence electrons. The third-order valence-electron chi connectivity index (χ3n) is 4.79. The number of hydrogen-bond acceptors (Lipinski definition) is 4. The Morgan fingerprint density at radius 3 is 2.45 bits per heavy atom. The molecule has 0 saturated heterocycles. The summed E-state index contributed by atoms with van der Waals surface area (Å²) in [5.41, 5.74) is 4.21. The summed E-state index contributed by atoms with van der Waals surface area (Å²) in [6, 6.07) is 18.3. The van der Waals surface area contributed by atoms with E-state index in [1.165, 1.54) is 0 Å². The molecule has 0 aromatic heterocycles. The van der Waals surface area contributed by atoms with Crippen LogP contribution in [0.2, 0.25) is 0 Å². The van der Waals surface area contributed by atoms with Crippen LogP contribution in [0.25, 0.3) is 0 Å². The predicted molar refractivity (Wildman–Crippen MR) is 117 cm³/mol. The Morgan fingerprint density at radius 2 is 1.83 bits per heavy atom. The summed E-state index contributed by atoms with van der Waals surface area (Å²) in [7, 11) is 4.04. The van der Waals surface area contributed by atoms with E-state index in [1.54, 1.807) is 4.90 Å². The molecular weight excluding hydrogens is 364 g/mol. The number of nitrogens with zero attached hydrogens (tertiary/aromatic N) is 3. The lowest BCUT2D eigenvalue weighted by molar-refractivity contribution is 0.0586. The number of oxime groups is 1. The summed E-state index contributed by atoms with van der Waals surface area (Å²) in [5.74, 6) is 0. The molecule has 0 spiro atoms. The van der Waals surface area contributed by atoms with Crippen LogP contribution in [0.15, 0.2) is 59.8 Å². The van der Waals surface area contributed by atoms with Gasteiger partial charge in [0, 0.05) is 38.8 Å². The van der Waals surface area contributed by atoms with Crippen LogP contribution in [-0.4, -0.2) is 49.4 Å². The molecule has 1 aliphatic heterocycles. The lowest BCUT2D eigenvalue weighted by Gasteiger charge is -2.26. The summed E-state index contributed by atoms with van der Waals surface area (Å²) in [5, 5.41) is 7.27. The topological polar surface area (TPSA) is 57.2 Å². The van der Waals surface area contributed by atoms with Gasteiger partial charge in [0.15, 0.2) is 6.10 Å². The molecular formula is C23H30N4O2. The largest absolute Gasteiger partial charge is 0.390 e. The highest BCUT2D eigenvalue weighted by atomic mass is 16.6. The van der Waals surface area contributed by atoms with Gasteiger partial charge in [-0.2, -0.15) is 0 Å². The van der Waals surface area contributed by atoms with Crippen molar-refractivity contribution < 1.29 is 9.63 Å². The molecule has 1 aliphatic rings. The number of hydrogen-bond donors (Lipinski definition) is 1. The van der Waals surface area contributed by atoms with Crippen molar-refractivity contribution in [1.29, 1.82) is 0 Å². The average molecular weight is 395 g/mol. The van der Waals surface area contributed by atoms with Gasteiger partial charge >= 0.3 is 6.03 Å². The van der Waals surface area contributed by atoms with Gasteiger partial charge in [0.2, 0.25) is 0 Å². The average Bonchev–Trinajstić information content (AvgIpc) is 3.16. The summed E-state index contributed by atoms with van der Waals surface area (Å²) in [6.07, 6.45) is 0.529. The maximum Gasteiger partial charge on any atom is 0.318 e. The number of rotatable bonds is 7. The standard InChI is InChI=1S/C23H30N4O2/c1-17(2)24-23(28)27(15-18-8-6-5-7-9-18)16-21-14-22(25-29-21)19-10-12-20(13-11-19)26(3)4/h5-13,17,21H,14-16H2,1-4H3,(H,24,28). The number of nitrogens with one attached hydrogen (secondary N) is 1. The number of anilines is 1. The van der Waals surface area contributed by atoms with Gasteiger partial charge in [0.05, 0.1) is 12.3 Å². The normalized spacial score (nSPS) is 15.6. The molecule has 6 nitrogen and oxygen atoms in total. The summed E-state index contributed by atoms with van der Waals surface area (Å²) >= 11 is 0. The second kappa shape index (κ2) is 9.45. The van der Waals surface area contributed by atoms with E-state index in [1.807, 2.05) is 58.3 Å². The van der Waals surface area contributed by atoms with Crippen LogP contribution in [0.1, 0.15) is 31.4 Å². The molecule has 0 radical (unpaired) electrons. The molecule has 0 fully saturated rings. The summed E-state index contributed by atoms with van der Waals surface area (Å²) in [4.78, 5) is 22.3. The number of amides is 2. The van der Waals surface area contributed by atoms with Crippen molar-refractivity contribution in [2.24, 2.45) is 5.16 Å². The Hall–Kier alpha value is -3.02. The van der Waals surface area contributed by atoms with E-state index in [2.05, 4.69) is 39.6 Å². The third kappa shape index (κ3) is 5.73. The second-order valence-corrected chi connectivity index (χ2v) is 7.88. The highest BCUT2D eigenvalue weighted by molar-refractivity contribution is 6.01. The highest BCUT2D eigenvalue weighted by Gasteiger charge is 2.27. The zero-order valence-corrected chi connectivity index (χ0v) is 17.6. The van der Waals surface area contributed by atoms with E-state index >= 15 is 0 Å². The molecule has 2 amide bonds. The first-order chi connectivity index (χ1) is 13.9. The fraction of sp³-hybridized carbons (Fsp3) is 0.391. The lowest BCUT2D eigenvalue weighted by atomic mass is 10.0. The zero-order chi connectivity index (χ0) is 20.8. The first-order valence-electron chi connectivity index (χ1n) is 10.0. The van der Waals surface area contributed by atoms with Crippen molar-refractivity contribution in [3.63, 3.8) is 0 Å². The second-order valence-electron chi connectivity index (χ2n) is 7.88. The fourth-order valence-electron chi connectivity index (χ4n) is 3.26. The Bertz CT molecular complexity index is 832. The molecule has 1 atom stereocenters. The molecule has 1 N–H and O–H groups in total. The Kier molecular flexibility index (Phi) is 6.75. The molecule has 1 heterocycles. The minimum Gasteiger partial charge on any atom is -0.390 e. The number of urea groups is 1. The monoisotopic (exact) mass is 394 g/mol. The molecule has 2 aromatic rings. The van der Waals surface area contributed by atoms with E-state index in [-0.39, 0.29) is 18.2 Å². The van der Waals surface area contributed by atoms with Crippen LogP contribution in [0.4, 0.5) is 10.5 Å². The molecule has 29 heavy (non-hydrogen) atoms. The van der Waals surface area contributed by atoms with Gasteiger partial charge in [-0.3, -0.25) is 0 Å². The smallest absolute Gasteiger partial charge is 0.318 e. The van der Waals surface area contributed by atoms with E-state index in [0.29, 0.717) is 19.5 Å². The fourth-order valence-corrected chi connectivity index (χ4v) is 3.26. The van der Waals surface area contributed by atoms with Crippen molar-refractivity contribution in [1.82, 2.24) is 10.2 Å². The highest BCUT2D eigenvalue weighted by Crippen LogP contribution is 2.21. The Morgan fingerprint density at radius 1 is 1.14 bits per heavy atom. The molecule has 0 aliphatic carbocycles. The number of carbonyl (C=O) groups excluding carboxylic acids is 1. The number of carbonyl (C=O) groups is 1. The first-order valence-corrected chi connectivity index (χ1v) is 10.0. The van der Waals surface area contributed by atoms with Crippen LogP contribution in [-0.2, 0) is 11.4 Å². The first kappa shape index (κ1) is 20.7. The van der Waals surface area contributed by atoms with Gasteiger partial charge in [0.1, 0.15) is 0 Å². The van der Waals surface area contributed by atoms with Crippen molar-refractivity contribution in [2.45, 2.75) is 39.0 Å². The molecule has 0 bridgehead atoms. The summed E-state index contributed by atoms with van der Waals surface area (Å²) < 4.78 is 0. The molecule has 6 heteroatoms. The van der Waals surface area contributed by atoms with Crippen molar-refractivity contribution >= 4 is 17.4 Å². The number of benzene rings is 2. The van der Waals surface area contributed by atoms with Crippen molar-refractivity contribution in [3.05, 3.63) is 65.7 Å². The van der Waals surface area contributed by atoms with Gasteiger partial charge in [-0.15, -0.1) is 0 Å². The van der Waals surface area contributed by atoms with E-state index in [9.17, 15) is 4.79 Å². The minimum absolute atomic E-state index is 0.0762. The van der Waals surface area contributed by atoms with Crippen molar-refractivity contribution in [2.75, 3.05) is 25.5 Å². The van der Waals surface area contributed by atoms with E-state index < -0.39 is 0 Å². The van der Waals surface area contributed by atoms with E-state index in [4.69, 9.17) is 4.84 Å². The van der Waals surface area contributed by atoms with Gasteiger partial charge < -0.3 is 20.0 Å². The molecule has 0 saturated carbocycles.